The topological polar surface area (TPSA) is 115 Å². The molecule has 1 unspecified atom stereocenters. The van der Waals surface area contributed by atoms with E-state index in [2.05, 4.69) is 32.1 Å². The molecule has 43 heavy (non-hydrogen) atoms. The van der Waals surface area contributed by atoms with Crippen LogP contribution in [0.5, 0.6) is 0 Å². The van der Waals surface area contributed by atoms with Gasteiger partial charge in [-0.05, 0) is 51.4 Å². The molecule has 0 aliphatic carbocycles. The van der Waals surface area contributed by atoms with Crippen molar-refractivity contribution in [3.05, 3.63) is 51.7 Å². The van der Waals surface area contributed by atoms with Gasteiger partial charge in [-0.3, -0.25) is 24.7 Å². The van der Waals surface area contributed by atoms with Crippen molar-refractivity contribution in [2.45, 2.75) is 51.5 Å². The van der Waals surface area contributed by atoms with Gasteiger partial charge in [0.05, 0.1) is 23.7 Å². The van der Waals surface area contributed by atoms with Crippen LogP contribution in [0.4, 0.5) is 24.1 Å². The number of amides is 1. The molecule has 3 aromatic rings. The minimum Gasteiger partial charge on any atom is -0.480 e. The molecule has 2 saturated heterocycles. The molecule has 2 aromatic heterocycles. The molecular weight excluding hydrogens is 607 g/mol. The predicted octanol–water partition coefficient (Wildman–Crippen LogP) is 5.10. The maximum atomic E-state index is 13.6. The largest absolute Gasteiger partial charge is 0.480 e. The summed E-state index contributed by atoms with van der Waals surface area (Å²) in [5.41, 5.74) is -0.261. The van der Waals surface area contributed by atoms with E-state index in [0.29, 0.717) is 50.3 Å². The molecule has 1 aromatic carbocycles. The Morgan fingerprint density at radius 1 is 1.14 bits per heavy atom. The highest BCUT2D eigenvalue weighted by Gasteiger charge is 2.32. The van der Waals surface area contributed by atoms with E-state index in [4.69, 9.17) is 11.6 Å². The Hall–Kier alpha value is -3.33. The first-order valence-corrected chi connectivity index (χ1v) is 15.1. The van der Waals surface area contributed by atoms with Crippen molar-refractivity contribution in [2.24, 2.45) is 0 Å². The lowest BCUT2D eigenvalue weighted by Gasteiger charge is -2.36. The van der Waals surface area contributed by atoms with Crippen LogP contribution in [0.25, 0.3) is 11.3 Å². The van der Waals surface area contributed by atoms with E-state index in [1.54, 1.807) is 6.92 Å². The highest BCUT2D eigenvalue weighted by molar-refractivity contribution is 7.16. The van der Waals surface area contributed by atoms with Crippen molar-refractivity contribution >= 4 is 45.8 Å². The second-order valence-electron chi connectivity index (χ2n) is 10.7. The second kappa shape index (κ2) is 12.7. The van der Waals surface area contributed by atoms with E-state index in [1.165, 1.54) is 29.8 Å². The van der Waals surface area contributed by atoms with Crippen molar-refractivity contribution in [2.75, 3.05) is 42.9 Å². The second-order valence-corrected chi connectivity index (χ2v) is 12.3. The Labute approximate surface area is 255 Å². The summed E-state index contributed by atoms with van der Waals surface area (Å²) in [5.74, 6) is -0.853. The number of hydrogen-bond donors (Lipinski definition) is 2. The zero-order valence-electron chi connectivity index (χ0n) is 23.6. The van der Waals surface area contributed by atoms with Gasteiger partial charge in [-0.25, -0.2) is 15.0 Å². The Morgan fingerprint density at radius 2 is 1.88 bits per heavy atom. The van der Waals surface area contributed by atoms with Gasteiger partial charge < -0.3 is 10.0 Å². The summed E-state index contributed by atoms with van der Waals surface area (Å²) >= 11 is 7.28. The van der Waals surface area contributed by atoms with Crippen LogP contribution in [0.15, 0.2) is 30.6 Å². The highest BCUT2D eigenvalue weighted by Crippen LogP contribution is 2.39. The number of carbonyl (C=O) groups is 2. The summed E-state index contributed by atoms with van der Waals surface area (Å²) in [6.07, 6.45) is 0.318. The van der Waals surface area contributed by atoms with Crippen LogP contribution in [-0.2, 0) is 17.5 Å². The Bertz CT molecular complexity index is 1480. The molecule has 2 N–H and O–H groups in total. The normalized spacial score (nSPS) is 19.0. The summed E-state index contributed by atoms with van der Waals surface area (Å²) in [6.45, 7) is 7.34. The van der Waals surface area contributed by atoms with Crippen LogP contribution in [-0.4, -0.2) is 86.5 Å². The number of aliphatic carboxylic acids is 1. The number of nitrogens with zero attached hydrogens (tertiary/aromatic N) is 6. The average Bonchev–Trinajstić information content (AvgIpc) is 3.57. The highest BCUT2D eigenvalue weighted by atomic mass is 35.5. The number of carbonyl (C=O) groups excluding carboxylic acids is 1. The maximum absolute atomic E-state index is 13.6. The number of carboxylic acid groups (broad SMARTS) is 1. The van der Waals surface area contributed by atoms with E-state index in [1.807, 2.05) is 9.80 Å². The monoisotopic (exact) mass is 637 g/mol. The van der Waals surface area contributed by atoms with Crippen molar-refractivity contribution in [3.8, 4) is 11.3 Å². The SMILES string of the molecule is CC(C(=O)O)N1CCN(c2cnc(C(=O)Nc3nc(-c4cc(Cl)cc(C(F)(F)F)c4)c(CN4CCC[C@H]4C)s3)cn2)CC1. The number of likely N-dealkylation sites (tertiary alicyclic amines) is 1. The lowest BCUT2D eigenvalue weighted by molar-refractivity contribution is -0.142. The molecule has 5 rings (SSSR count). The zero-order valence-corrected chi connectivity index (χ0v) is 25.1. The van der Waals surface area contributed by atoms with Crippen molar-refractivity contribution in [1.29, 1.82) is 0 Å². The summed E-state index contributed by atoms with van der Waals surface area (Å²) < 4.78 is 40.7. The average molecular weight is 638 g/mol. The summed E-state index contributed by atoms with van der Waals surface area (Å²) in [7, 11) is 0. The van der Waals surface area contributed by atoms with Crippen LogP contribution in [0, 0.1) is 0 Å². The van der Waals surface area contributed by atoms with Crippen LogP contribution in [0.2, 0.25) is 5.02 Å². The third-order valence-electron chi connectivity index (χ3n) is 7.87. The van der Waals surface area contributed by atoms with Gasteiger partial charge >= 0.3 is 12.1 Å². The fourth-order valence-corrected chi connectivity index (χ4v) is 6.54. The zero-order chi connectivity index (χ0) is 30.9. The summed E-state index contributed by atoms with van der Waals surface area (Å²) in [4.78, 5) is 44.3. The fourth-order valence-electron chi connectivity index (χ4n) is 5.30. The molecule has 0 bridgehead atoms. The third-order valence-corrected chi connectivity index (χ3v) is 9.04. The molecule has 1 amide bonds. The standard InChI is InChI=1S/C28H31ClF3N7O3S/c1-16-4-3-5-39(16)15-22-24(18-10-19(28(30,31)32)12-20(29)11-18)35-27(43-22)36-25(40)21-13-34-23(14-33-21)38-8-6-37(7-9-38)17(2)26(41)42/h10-14,16-17H,3-9,15H2,1-2H3,(H,41,42)(H,35,36,40)/t16-,17?/m1/s1. The number of piperazine rings is 1. The number of halogens is 4. The molecule has 2 atom stereocenters. The van der Waals surface area contributed by atoms with E-state index >= 15 is 0 Å². The van der Waals surface area contributed by atoms with E-state index in [-0.39, 0.29) is 21.4 Å². The molecule has 2 fully saturated rings. The number of nitrogens with one attached hydrogen (secondary N) is 1. The summed E-state index contributed by atoms with van der Waals surface area (Å²) in [6, 6.07) is 3.09. The Balaban J connectivity index is 1.33. The maximum Gasteiger partial charge on any atom is 0.416 e. The number of benzene rings is 1. The molecule has 230 valence electrons. The lowest BCUT2D eigenvalue weighted by Crippen LogP contribution is -2.52. The van der Waals surface area contributed by atoms with Crippen LogP contribution in [0.3, 0.4) is 0 Å². The molecular formula is C28H31ClF3N7O3S. The minimum absolute atomic E-state index is 0.0514. The van der Waals surface area contributed by atoms with Crippen LogP contribution in [0.1, 0.15) is 47.6 Å². The smallest absolute Gasteiger partial charge is 0.416 e. The van der Waals surface area contributed by atoms with E-state index < -0.39 is 29.7 Å². The van der Waals surface area contributed by atoms with Gasteiger partial charge in [-0.1, -0.05) is 22.9 Å². The number of anilines is 2. The first kappa shape index (κ1) is 31.1. The van der Waals surface area contributed by atoms with Crippen molar-refractivity contribution < 1.29 is 27.9 Å². The molecule has 0 radical (unpaired) electrons. The molecule has 2 aliphatic rings. The molecule has 0 spiro atoms. The van der Waals surface area contributed by atoms with Crippen molar-refractivity contribution in [1.82, 2.24) is 24.8 Å². The number of rotatable bonds is 8. The molecule has 15 heteroatoms. The summed E-state index contributed by atoms with van der Waals surface area (Å²) in [5, 5.41) is 12.1. The number of carboxylic acids is 1. The van der Waals surface area contributed by atoms with Gasteiger partial charge in [0, 0.05) is 54.2 Å². The van der Waals surface area contributed by atoms with Crippen LogP contribution >= 0.6 is 22.9 Å². The first-order valence-electron chi connectivity index (χ1n) is 13.9. The van der Waals surface area contributed by atoms with Crippen LogP contribution < -0.4 is 10.2 Å². The van der Waals surface area contributed by atoms with Gasteiger partial charge in [0.25, 0.3) is 5.91 Å². The van der Waals surface area contributed by atoms with E-state index in [9.17, 15) is 27.9 Å². The number of alkyl halides is 3. The lowest BCUT2D eigenvalue weighted by atomic mass is 10.1. The molecule has 2 aliphatic heterocycles. The quantitative estimate of drug-likeness (QED) is 0.348. The van der Waals surface area contributed by atoms with Gasteiger partial charge in [0.2, 0.25) is 0 Å². The van der Waals surface area contributed by atoms with Crippen molar-refractivity contribution in [3.63, 3.8) is 0 Å². The van der Waals surface area contributed by atoms with Gasteiger partial charge in [-0.2, -0.15) is 13.2 Å². The van der Waals surface area contributed by atoms with Gasteiger partial charge in [0.15, 0.2) is 5.13 Å². The van der Waals surface area contributed by atoms with Gasteiger partial charge in [0.1, 0.15) is 17.6 Å². The number of aromatic nitrogens is 3. The minimum atomic E-state index is -4.58. The number of thiazole rings is 1. The molecule has 10 nitrogen and oxygen atoms in total. The Kier molecular flexibility index (Phi) is 9.20. The number of hydrogen-bond acceptors (Lipinski definition) is 9. The van der Waals surface area contributed by atoms with Gasteiger partial charge in [-0.15, -0.1) is 0 Å². The third kappa shape index (κ3) is 7.25. The molecule has 4 heterocycles. The fraction of sp³-hybridized carbons (Fsp3) is 0.464. The molecule has 0 saturated carbocycles. The predicted molar refractivity (Wildman–Crippen MR) is 158 cm³/mol. The Morgan fingerprint density at radius 3 is 2.49 bits per heavy atom. The van der Waals surface area contributed by atoms with E-state index in [0.717, 1.165) is 36.4 Å². The first-order chi connectivity index (χ1) is 20.4.